The molecule has 2 saturated heterocycles. The van der Waals surface area contributed by atoms with Crippen molar-refractivity contribution in [1.29, 1.82) is 0 Å². The van der Waals surface area contributed by atoms with Crippen LogP contribution in [0.5, 0.6) is 0 Å². The van der Waals surface area contributed by atoms with Gasteiger partial charge < -0.3 is 15.5 Å². The molecular weight excluding hydrogens is 442 g/mol. The highest BCUT2D eigenvalue weighted by molar-refractivity contribution is 5.93. The van der Waals surface area contributed by atoms with E-state index in [2.05, 4.69) is 27.0 Å². The Balaban J connectivity index is 1.29. The number of likely N-dealkylation sites (tertiary alicyclic amines) is 1. The largest absolute Gasteiger partial charge is 0.355 e. The van der Waals surface area contributed by atoms with Crippen LogP contribution in [0.4, 0.5) is 5.82 Å². The number of H-pyrrole nitrogens is 1. The zero-order chi connectivity index (χ0) is 23.9. The summed E-state index contributed by atoms with van der Waals surface area (Å²) in [6.45, 7) is 4.48. The van der Waals surface area contributed by atoms with Crippen LogP contribution < -0.4 is 10.6 Å². The average molecular weight is 472 g/mol. The quantitative estimate of drug-likeness (QED) is 0.469. The number of hydrogen-bond donors (Lipinski definition) is 2. The molecule has 2 aliphatic heterocycles. The fourth-order valence-electron chi connectivity index (χ4n) is 5.21. The Hall–Kier alpha value is -3.79. The first-order valence-electron chi connectivity index (χ1n) is 12.2. The summed E-state index contributed by atoms with van der Waals surface area (Å²) < 4.78 is 1.83. The van der Waals surface area contributed by atoms with Gasteiger partial charge in [0.05, 0.1) is 17.4 Å². The van der Waals surface area contributed by atoms with Crippen molar-refractivity contribution in [1.82, 2.24) is 34.7 Å². The molecule has 3 N–H and O–H groups in total. The van der Waals surface area contributed by atoms with Gasteiger partial charge >= 0.3 is 0 Å². The first-order chi connectivity index (χ1) is 17.1. The van der Waals surface area contributed by atoms with Crippen LogP contribution >= 0.6 is 0 Å². The normalized spacial score (nSPS) is 20.6. The Morgan fingerprint density at radius 2 is 2.11 bits per heavy atom. The number of aryl methyl sites for hydroxylation is 1. The van der Waals surface area contributed by atoms with E-state index in [4.69, 9.17) is 15.8 Å². The SMILES string of the molecule is Cc1cn2nc([C@@H]3CCCCN3C(=O)c3cc(-c4cccnc4)n[nH]3)cc2nc1N1CC[C@H](N)C1. The first kappa shape index (κ1) is 21.7. The molecule has 0 radical (unpaired) electrons. The molecule has 0 aromatic carbocycles. The van der Waals surface area contributed by atoms with Crippen LogP contribution in [0.1, 0.15) is 53.5 Å². The summed E-state index contributed by atoms with van der Waals surface area (Å²) in [5.41, 5.74) is 10.9. The van der Waals surface area contributed by atoms with Gasteiger partial charge in [0.15, 0.2) is 5.65 Å². The minimum Gasteiger partial charge on any atom is -0.355 e. The van der Waals surface area contributed by atoms with Gasteiger partial charge in [-0.3, -0.25) is 14.9 Å². The molecule has 10 nitrogen and oxygen atoms in total. The van der Waals surface area contributed by atoms with Crippen molar-refractivity contribution in [3.8, 4) is 11.3 Å². The molecule has 4 aromatic rings. The van der Waals surface area contributed by atoms with Gasteiger partial charge in [-0.25, -0.2) is 9.50 Å². The van der Waals surface area contributed by atoms with Crippen LogP contribution in [0.15, 0.2) is 42.9 Å². The van der Waals surface area contributed by atoms with Crippen molar-refractivity contribution in [2.24, 2.45) is 5.73 Å². The van der Waals surface area contributed by atoms with Crippen LogP contribution in [0.3, 0.4) is 0 Å². The van der Waals surface area contributed by atoms with Crippen LogP contribution in [0.25, 0.3) is 16.9 Å². The summed E-state index contributed by atoms with van der Waals surface area (Å²) in [4.78, 5) is 26.8. The minimum atomic E-state index is -0.105. The lowest BCUT2D eigenvalue weighted by Gasteiger charge is -2.34. The van der Waals surface area contributed by atoms with Crippen LogP contribution in [0, 0.1) is 6.92 Å². The van der Waals surface area contributed by atoms with E-state index in [1.54, 1.807) is 18.5 Å². The van der Waals surface area contributed by atoms with E-state index in [-0.39, 0.29) is 18.0 Å². The second-order valence-corrected chi connectivity index (χ2v) is 9.53. The molecular formula is C25H29N9O. The molecule has 0 saturated carbocycles. The maximum absolute atomic E-state index is 13.5. The van der Waals surface area contributed by atoms with Crippen molar-refractivity contribution < 1.29 is 4.79 Å². The molecule has 1 amide bonds. The van der Waals surface area contributed by atoms with Crippen molar-refractivity contribution >= 4 is 17.4 Å². The zero-order valence-corrected chi connectivity index (χ0v) is 19.8. The van der Waals surface area contributed by atoms with Gasteiger partial charge in [-0.1, -0.05) is 0 Å². The van der Waals surface area contributed by atoms with Crippen molar-refractivity contribution in [2.75, 3.05) is 24.5 Å². The molecule has 35 heavy (non-hydrogen) atoms. The number of anilines is 1. The van der Waals surface area contributed by atoms with Crippen LogP contribution in [-0.2, 0) is 0 Å². The Morgan fingerprint density at radius 1 is 1.20 bits per heavy atom. The standard InChI is InChI=1S/C25H29N9O/c1-16-14-34-23(28-24(16)32-10-7-18(26)15-32)12-20(31-34)22-6-2-3-9-33(22)25(35)21-11-19(29-30-21)17-5-4-8-27-13-17/h4-5,8,11-14,18,22H,2-3,6-7,9-10,15,26H2,1H3,(H,29,30)/t18-,22-/m0/s1. The summed E-state index contributed by atoms with van der Waals surface area (Å²) in [5, 5.41) is 12.1. The van der Waals surface area contributed by atoms with Gasteiger partial charge in [0.2, 0.25) is 0 Å². The number of rotatable bonds is 4. The highest BCUT2D eigenvalue weighted by atomic mass is 16.2. The molecule has 180 valence electrons. The molecule has 2 aliphatic rings. The first-order valence-corrected chi connectivity index (χ1v) is 12.2. The van der Waals surface area contributed by atoms with Gasteiger partial charge in [0.25, 0.3) is 5.91 Å². The van der Waals surface area contributed by atoms with Crippen molar-refractivity contribution in [2.45, 2.75) is 44.7 Å². The third-order valence-electron chi connectivity index (χ3n) is 7.02. The molecule has 10 heteroatoms. The highest BCUT2D eigenvalue weighted by Crippen LogP contribution is 2.33. The monoisotopic (exact) mass is 471 g/mol. The number of nitrogens with two attached hydrogens (primary N) is 1. The van der Waals surface area contributed by atoms with Crippen molar-refractivity contribution in [3.05, 3.63) is 59.8 Å². The summed E-state index contributed by atoms with van der Waals surface area (Å²) >= 11 is 0. The van der Waals surface area contributed by atoms with E-state index in [0.717, 1.165) is 67.1 Å². The number of hydrogen-bond acceptors (Lipinski definition) is 7. The minimum absolute atomic E-state index is 0.0646. The number of aromatic amines is 1. The molecule has 0 unspecified atom stereocenters. The molecule has 0 bridgehead atoms. The lowest BCUT2D eigenvalue weighted by Crippen LogP contribution is -2.38. The van der Waals surface area contributed by atoms with Crippen molar-refractivity contribution in [3.63, 3.8) is 0 Å². The number of carbonyl (C=O) groups excluding carboxylic acids is 1. The topological polar surface area (TPSA) is 121 Å². The number of pyridine rings is 1. The lowest BCUT2D eigenvalue weighted by molar-refractivity contribution is 0.0599. The molecule has 6 heterocycles. The summed E-state index contributed by atoms with van der Waals surface area (Å²) in [6.07, 6.45) is 9.34. The molecule has 6 rings (SSSR count). The number of aromatic nitrogens is 6. The van der Waals surface area contributed by atoms with Gasteiger partial charge in [-0.05, 0) is 50.8 Å². The molecule has 4 aromatic heterocycles. The van der Waals surface area contributed by atoms with E-state index in [1.165, 1.54) is 0 Å². The zero-order valence-electron chi connectivity index (χ0n) is 19.8. The Kier molecular flexibility index (Phi) is 5.44. The van der Waals surface area contributed by atoms with Gasteiger partial charge in [0.1, 0.15) is 11.5 Å². The fourth-order valence-corrected chi connectivity index (χ4v) is 5.21. The van der Waals surface area contributed by atoms with Gasteiger partial charge in [-0.2, -0.15) is 10.2 Å². The van der Waals surface area contributed by atoms with E-state index in [1.807, 2.05) is 33.8 Å². The van der Waals surface area contributed by atoms with Crippen LogP contribution in [-0.4, -0.2) is 66.3 Å². The predicted molar refractivity (Wildman–Crippen MR) is 132 cm³/mol. The smallest absolute Gasteiger partial charge is 0.272 e. The average Bonchev–Trinajstić information content (AvgIpc) is 3.63. The number of fused-ring (bicyclic) bond motifs is 1. The Bertz CT molecular complexity index is 1360. The number of nitrogens with one attached hydrogen (secondary N) is 1. The third kappa shape index (κ3) is 4.03. The molecule has 0 spiro atoms. The Morgan fingerprint density at radius 3 is 2.91 bits per heavy atom. The second kappa shape index (κ2) is 8.77. The number of amides is 1. The maximum atomic E-state index is 13.5. The lowest BCUT2D eigenvalue weighted by atomic mass is 9.99. The number of piperidine rings is 1. The fraction of sp³-hybridized carbons (Fsp3) is 0.400. The highest BCUT2D eigenvalue weighted by Gasteiger charge is 2.32. The molecule has 2 fully saturated rings. The summed E-state index contributed by atoms with van der Waals surface area (Å²) in [7, 11) is 0. The summed E-state index contributed by atoms with van der Waals surface area (Å²) in [6, 6.07) is 7.68. The van der Waals surface area contributed by atoms with Gasteiger partial charge in [0, 0.05) is 61.5 Å². The van der Waals surface area contributed by atoms with Crippen LogP contribution in [0.2, 0.25) is 0 Å². The predicted octanol–water partition coefficient (Wildman–Crippen LogP) is 2.73. The molecule has 0 aliphatic carbocycles. The maximum Gasteiger partial charge on any atom is 0.272 e. The third-order valence-corrected chi connectivity index (χ3v) is 7.02. The van der Waals surface area contributed by atoms with E-state index < -0.39 is 0 Å². The van der Waals surface area contributed by atoms with E-state index >= 15 is 0 Å². The Labute approximate surface area is 203 Å². The summed E-state index contributed by atoms with van der Waals surface area (Å²) in [5.74, 6) is 0.902. The second-order valence-electron chi connectivity index (χ2n) is 9.53. The molecule has 2 atom stereocenters. The number of carbonyl (C=O) groups is 1. The van der Waals surface area contributed by atoms with E-state index in [0.29, 0.717) is 17.9 Å². The van der Waals surface area contributed by atoms with Gasteiger partial charge in [-0.15, -0.1) is 0 Å². The number of nitrogens with zero attached hydrogens (tertiary/aromatic N) is 7. The van der Waals surface area contributed by atoms with E-state index in [9.17, 15) is 4.79 Å².